The second-order valence-corrected chi connectivity index (χ2v) is 7.55. The van der Waals surface area contributed by atoms with Crippen LogP contribution in [0.25, 0.3) is 0 Å². The molecule has 0 spiro atoms. The summed E-state index contributed by atoms with van der Waals surface area (Å²) in [5.74, 6) is 0.274. The Morgan fingerprint density at radius 3 is 1.29 bits per heavy atom. The molecule has 2 aromatic rings. The monoisotopic (exact) mass is 402 g/mol. The molecule has 0 bridgehead atoms. The molecule has 0 fully saturated rings. The number of carbonyl (C=O) groups is 1. The minimum atomic E-state index is 0.274. The van der Waals surface area contributed by atoms with Crippen molar-refractivity contribution in [1.82, 2.24) is 0 Å². The van der Waals surface area contributed by atoms with Gasteiger partial charge in [0.05, 0.1) is 0 Å². The predicted octanol–water partition coefficient (Wildman–Crippen LogP) is 7.21. The molecule has 0 aromatic heterocycles. The van der Waals surface area contributed by atoms with Gasteiger partial charge in [-0.25, -0.2) is 0 Å². The fourth-order valence-corrected chi connectivity index (χ4v) is 3.76. The Balaban J connectivity index is 1.69. The lowest BCUT2D eigenvalue weighted by molar-refractivity contribution is -0.119. The number of Topliss-reactive ketones (excluding diaryl/α,β-unsaturated/α-hetero) is 1. The zero-order chi connectivity index (χ0) is 17.5. The van der Waals surface area contributed by atoms with E-state index in [-0.39, 0.29) is 5.78 Å². The quantitative estimate of drug-likeness (QED) is 0.454. The van der Waals surface area contributed by atoms with Crippen LogP contribution >= 0.6 is 46.4 Å². The van der Waals surface area contributed by atoms with Crippen molar-refractivity contribution in [2.75, 3.05) is 0 Å². The lowest BCUT2D eigenvalue weighted by atomic mass is 10.0. The van der Waals surface area contributed by atoms with Gasteiger partial charge in [0.2, 0.25) is 0 Å². The van der Waals surface area contributed by atoms with E-state index in [9.17, 15) is 4.79 Å². The van der Waals surface area contributed by atoms with Gasteiger partial charge in [-0.1, -0.05) is 46.4 Å². The molecule has 0 N–H and O–H groups in total. The molecule has 0 aliphatic rings. The van der Waals surface area contributed by atoms with Crippen molar-refractivity contribution in [1.29, 1.82) is 0 Å². The van der Waals surface area contributed by atoms with Crippen LogP contribution < -0.4 is 0 Å². The van der Waals surface area contributed by atoms with Crippen molar-refractivity contribution in [2.24, 2.45) is 0 Å². The van der Waals surface area contributed by atoms with Crippen molar-refractivity contribution in [3.8, 4) is 0 Å². The van der Waals surface area contributed by atoms with Gasteiger partial charge in [-0.3, -0.25) is 4.79 Å². The largest absolute Gasteiger partial charge is 0.300 e. The third-order valence-corrected chi connectivity index (χ3v) is 4.56. The Hall–Kier alpha value is -0.730. The molecule has 128 valence electrons. The maximum atomic E-state index is 12.0. The molecule has 2 aromatic carbocycles. The second-order valence-electron chi connectivity index (χ2n) is 5.80. The van der Waals surface area contributed by atoms with Crippen LogP contribution in [-0.2, 0) is 17.6 Å². The lowest BCUT2D eigenvalue weighted by Gasteiger charge is -2.05. The molecule has 0 aliphatic heterocycles. The highest BCUT2D eigenvalue weighted by Gasteiger charge is 2.05. The summed E-state index contributed by atoms with van der Waals surface area (Å²) in [6, 6.07) is 11.0. The van der Waals surface area contributed by atoms with E-state index in [0.29, 0.717) is 32.9 Å². The Morgan fingerprint density at radius 2 is 0.958 bits per heavy atom. The number of benzene rings is 2. The van der Waals surface area contributed by atoms with Gasteiger partial charge in [0.15, 0.2) is 0 Å². The molecule has 0 aliphatic carbocycles. The van der Waals surface area contributed by atoms with Crippen LogP contribution in [0.1, 0.15) is 36.8 Å². The number of hydrogen-bond donors (Lipinski definition) is 0. The molecule has 5 heteroatoms. The summed E-state index contributed by atoms with van der Waals surface area (Å²) in [6.45, 7) is 0. The highest BCUT2D eigenvalue weighted by molar-refractivity contribution is 6.35. The molecule has 0 radical (unpaired) electrons. The maximum absolute atomic E-state index is 12.0. The fourth-order valence-electron chi connectivity index (χ4n) is 2.61. The van der Waals surface area contributed by atoms with Crippen molar-refractivity contribution in [3.63, 3.8) is 0 Å². The Morgan fingerprint density at radius 1 is 0.625 bits per heavy atom. The third-order valence-electron chi connectivity index (χ3n) is 3.69. The second kappa shape index (κ2) is 9.68. The van der Waals surface area contributed by atoms with Crippen LogP contribution in [0.2, 0.25) is 20.1 Å². The standard InChI is InChI=1S/C19H18Cl4O/c20-15-7-13(8-16(21)11-15)3-1-5-19(24)6-2-4-14-9-17(22)12-18(23)10-14/h7-12H,1-6H2. The zero-order valence-corrected chi connectivity index (χ0v) is 16.2. The maximum Gasteiger partial charge on any atom is 0.132 e. The number of ketones is 1. The smallest absolute Gasteiger partial charge is 0.132 e. The summed E-state index contributed by atoms with van der Waals surface area (Å²) in [5.41, 5.74) is 2.13. The van der Waals surface area contributed by atoms with E-state index in [2.05, 4.69) is 0 Å². The number of carbonyl (C=O) groups excluding carboxylic acids is 1. The molecule has 0 saturated carbocycles. The SMILES string of the molecule is O=C(CCCc1cc(Cl)cc(Cl)c1)CCCc1cc(Cl)cc(Cl)c1. The summed E-state index contributed by atoms with van der Waals surface area (Å²) >= 11 is 23.9. The average Bonchev–Trinajstić information content (AvgIpc) is 2.45. The minimum absolute atomic E-state index is 0.274. The summed E-state index contributed by atoms with van der Waals surface area (Å²) in [4.78, 5) is 12.0. The molecule has 0 heterocycles. The van der Waals surface area contributed by atoms with E-state index >= 15 is 0 Å². The van der Waals surface area contributed by atoms with Crippen molar-refractivity contribution < 1.29 is 4.79 Å². The molecule has 1 nitrogen and oxygen atoms in total. The summed E-state index contributed by atoms with van der Waals surface area (Å²) in [7, 11) is 0. The Bertz CT molecular complexity index is 613. The minimum Gasteiger partial charge on any atom is -0.300 e. The number of aryl methyl sites for hydroxylation is 2. The normalized spacial score (nSPS) is 10.8. The zero-order valence-electron chi connectivity index (χ0n) is 13.1. The van der Waals surface area contributed by atoms with Crippen molar-refractivity contribution >= 4 is 52.2 Å². The first-order valence-electron chi connectivity index (χ1n) is 7.84. The van der Waals surface area contributed by atoms with Crippen molar-refractivity contribution in [2.45, 2.75) is 38.5 Å². The van der Waals surface area contributed by atoms with E-state index in [1.165, 1.54) is 0 Å². The Labute approximate surface area is 162 Å². The van der Waals surface area contributed by atoms with Crippen LogP contribution in [0, 0.1) is 0 Å². The molecular weight excluding hydrogens is 386 g/mol. The van der Waals surface area contributed by atoms with E-state index in [1.807, 2.05) is 24.3 Å². The Kier molecular flexibility index (Phi) is 7.90. The molecule has 0 amide bonds. The van der Waals surface area contributed by atoms with Gasteiger partial charge in [0, 0.05) is 32.9 Å². The number of rotatable bonds is 8. The number of hydrogen-bond acceptors (Lipinski definition) is 1. The first kappa shape index (κ1) is 19.6. The van der Waals surface area contributed by atoms with Gasteiger partial charge in [-0.05, 0) is 73.2 Å². The summed E-state index contributed by atoms with van der Waals surface area (Å²) < 4.78 is 0. The van der Waals surface area contributed by atoms with Crippen LogP contribution in [0.3, 0.4) is 0 Å². The predicted molar refractivity (Wildman–Crippen MR) is 104 cm³/mol. The molecule has 2 rings (SSSR count). The van der Waals surface area contributed by atoms with Gasteiger partial charge in [-0.2, -0.15) is 0 Å². The molecule has 0 saturated heterocycles. The average molecular weight is 404 g/mol. The van der Waals surface area contributed by atoms with Crippen molar-refractivity contribution in [3.05, 3.63) is 67.6 Å². The van der Waals surface area contributed by atoms with Gasteiger partial charge >= 0.3 is 0 Å². The molecular formula is C19H18Cl4O. The van der Waals surface area contributed by atoms with Gasteiger partial charge in [0.25, 0.3) is 0 Å². The first-order chi connectivity index (χ1) is 11.4. The molecule has 24 heavy (non-hydrogen) atoms. The van der Waals surface area contributed by atoms with Gasteiger partial charge in [0.1, 0.15) is 5.78 Å². The summed E-state index contributed by atoms with van der Waals surface area (Å²) in [5, 5.41) is 2.51. The highest BCUT2D eigenvalue weighted by atomic mass is 35.5. The van der Waals surface area contributed by atoms with Gasteiger partial charge < -0.3 is 0 Å². The summed E-state index contributed by atoms with van der Waals surface area (Å²) in [6.07, 6.45) is 4.35. The van der Waals surface area contributed by atoms with E-state index in [4.69, 9.17) is 46.4 Å². The first-order valence-corrected chi connectivity index (χ1v) is 9.35. The third kappa shape index (κ3) is 7.03. The van der Waals surface area contributed by atoms with E-state index in [0.717, 1.165) is 36.8 Å². The van der Waals surface area contributed by atoms with E-state index in [1.54, 1.807) is 12.1 Å². The topological polar surface area (TPSA) is 17.1 Å². The van der Waals surface area contributed by atoms with Gasteiger partial charge in [-0.15, -0.1) is 0 Å². The lowest BCUT2D eigenvalue weighted by Crippen LogP contribution is -2.00. The number of halogens is 4. The van der Waals surface area contributed by atoms with Crippen LogP contribution in [0.15, 0.2) is 36.4 Å². The highest BCUT2D eigenvalue weighted by Crippen LogP contribution is 2.22. The van der Waals surface area contributed by atoms with Crippen LogP contribution in [-0.4, -0.2) is 5.78 Å². The molecule has 0 atom stereocenters. The van der Waals surface area contributed by atoms with Crippen LogP contribution in [0.5, 0.6) is 0 Å². The molecule has 0 unspecified atom stereocenters. The fraction of sp³-hybridized carbons (Fsp3) is 0.316. The van der Waals surface area contributed by atoms with E-state index < -0.39 is 0 Å². The van der Waals surface area contributed by atoms with Crippen LogP contribution in [0.4, 0.5) is 0 Å².